The summed E-state index contributed by atoms with van der Waals surface area (Å²) >= 11 is 0. The van der Waals surface area contributed by atoms with Crippen molar-refractivity contribution in [3.05, 3.63) is 114 Å². The fraction of sp³-hybridized carbons (Fsp3) is 0.115. The van der Waals surface area contributed by atoms with Crippen LogP contribution < -0.4 is 9.62 Å². The predicted octanol–water partition coefficient (Wildman–Crippen LogP) is 4.74. The summed E-state index contributed by atoms with van der Waals surface area (Å²) in [6, 6.07) is 30.2. The summed E-state index contributed by atoms with van der Waals surface area (Å²) < 4.78 is 26.5. The summed E-state index contributed by atoms with van der Waals surface area (Å²) in [5.74, 6) is -0.324. The van der Waals surface area contributed by atoms with E-state index in [-0.39, 0.29) is 12.5 Å². The number of nitrogens with zero attached hydrogens (tertiary/aromatic N) is 1. The van der Waals surface area contributed by atoms with Crippen molar-refractivity contribution < 1.29 is 13.2 Å². The van der Waals surface area contributed by atoms with Crippen LogP contribution in [0.4, 0.5) is 5.69 Å². The fourth-order valence-corrected chi connectivity index (χ4v) is 4.54. The summed E-state index contributed by atoms with van der Waals surface area (Å²) in [5.41, 5.74) is 2.48. The van der Waals surface area contributed by atoms with Gasteiger partial charge in [0.2, 0.25) is 10.0 Å². The van der Waals surface area contributed by atoms with Gasteiger partial charge in [0.1, 0.15) is 0 Å². The SMILES string of the molecule is CS(=O)(=O)N(Cc1ccccc1)c1ccccc1C(=O)NCc1ccc2ccccc2c1. The zero-order valence-electron chi connectivity index (χ0n) is 17.7. The lowest BCUT2D eigenvalue weighted by atomic mass is 10.1. The summed E-state index contributed by atoms with van der Waals surface area (Å²) in [6.45, 7) is 0.490. The van der Waals surface area contributed by atoms with Crippen LogP contribution in [0.3, 0.4) is 0 Å². The van der Waals surface area contributed by atoms with Crippen LogP contribution in [0.25, 0.3) is 10.8 Å². The van der Waals surface area contributed by atoms with Gasteiger partial charge in [0.15, 0.2) is 0 Å². The molecule has 0 radical (unpaired) electrons. The summed E-state index contributed by atoms with van der Waals surface area (Å²) in [6.07, 6.45) is 1.15. The molecule has 0 heterocycles. The van der Waals surface area contributed by atoms with Crippen LogP contribution in [0, 0.1) is 0 Å². The van der Waals surface area contributed by atoms with Gasteiger partial charge in [-0.25, -0.2) is 8.42 Å². The molecule has 4 rings (SSSR count). The molecule has 0 saturated heterocycles. The molecule has 0 aliphatic carbocycles. The van der Waals surface area contributed by atoms with E-state index in [0.29, 0.717) is 17.8 Å². The van der Waals surface area contributed by atoms with Crippen LogP contribution in [-0.4, -0.2) is 20.6 Å². The van der Waals surface area contributed by atoms with Gasteiger partial charge in [-0.2, -0.15) is 0 Å². The molecular weight excluding hydrogens is 420 g/mol. The summed E-state index contributed by atoms with van der Waals surface area (Å²) in [7, 11) is -3.61. The van der Waals surface area contributed by atoms with Crippen molar-refractivity contribution in [2.45, 2.75) is 13.1 Å². The van der Waals surface area contributed by atoms with E-state index in [0.717, 1.165) is 28.2 Å². The lowest BCUT2D eigenvalue weighted by molar-refractivity contribution is 0.0951. The van der Waals surface area contributed by atoms with Crippen molar-refractivity contribution in [3.63, 3.8) is 0 Å². The smallest absolute Gasteiger partial charge is 0.253 e. The van der Waals surface area contributed by atoms with E-state index in [4.69, 9.17) is 0 Å². The zero-order chi connectivity index (χ0) is 22.6. The number of para-hydroxylation sites is 1. The molecule has 0 bridgehead atoms. The maximum atomic E-state index is 13.1. The molecule has 0 fully saturated rings. The number of amides is 1. The van der Waals surface area contributed by atoms with Gasteiger partial charge in [-0.3, -0.25) is 9.10 Å². The number of rotatable bonds is 7. The van der Waals surface area contributed by atoms with Crippen molar-refractivity contribution >= 4 is 32.4 Å². The highest BCUT2D eigenvalue weighted by Crippen LogP contribution is 2.25. The van der Waals surface area contributed by atoms with Gasteiger partial charge >= 0.3 is 0 Å². The van der Waals surface area contributed by atoms with Crippen molar-refractivity contribution in [1.82, 2.24) is 5.32 Å². The molecule has 162 valence electrons. The molecule has 0 saturated carbocycles. The Kier molecular flexibility index (Phi) is 6.23. The monoisotopic (exact) mass is 444 g/mol. The Morgan fingerprint density at radius 1 is 0.781 bits per heavy atom. The Balaban J connectivity index is 1.58. The number of carbonyl (C=O) groups is 1. The minimum absolute atomic E-state index is 0.147. The second-order valence-electron chi connectivity index (χ2n) is 7.64. The standard InChI is InChI=1S/C26H24N2O3S/c1-32(30,31)28(19-20-9-3-2-4-10-20)25-14-8-7-13-24(25)26(29)27-18-21-15-16-22-11-5-6-12-23(22)17-21/h2-17H,18-19H2,1H3,(H,27,29). The Morgan fingerprint density at radius 3 is 2.19 bits per heavy atom. The first kappa shape index (κ1) is 21.6. The van der Waals surface area contributed by atoms with Crippen LogP contribution in [-0.2, 0) is 23.1 Å². The number of nitrogens with one attached hydrogen (secondary N) is 1. The first-order valence-electron chi connectivity index (χ1n) is 10.3. The van der Waals surface area contributed by atoms with E-state index in [1.807, 2.05) is 72.8 Å². The Bertz CT molecular complexity index is 1350. The van der Waals surface area contributed by atoms with E-state index >= 15 is 0 Å². The Hall–Kier alpha value is -3.64. The minimum Gasteiger partial charge on any atom is -0.348 e. The fourth-order valence-electron chi connectivity index (χ4n) is 3.64. The molecule has 5 nitrogen and oxygen atoms in total. The van der Waals surface area contributed by atoms with Crippen LogP contribution in [0.5, 0.6) is 0 Å². The highest BCUT2D eigenvalue weighted by Gasteiger charge is 2.23. The lowest BCUT2D eigenvalue weighted by Crippen LogP contribution is -2.32. The molecule has 0 spiro atoms. The van der Waals surface area contributed by atoms with Crippen molar-refractivity contribution in [3.8, 4) is 0 Å². The molecule has 6 heteroatoms. The van der Waals surface area contributed by atoms with Crippen molar-refractivity contribution in [1.29, 1.82) is 0 Å². The highest BCUT2D eigenvalue weighted by atomic mass is 32.2. The minimum atomic E-state index is -3.61. The maximum absolute atomic E-state index is 13.1. The van der Waals surface area contributed by atoms with Crippen LogP contribution in [0.2, 0.25) is 0 Å². The molecule has 0 atom stereocenters. The third-order valence-corrected chi connectivity index (χ3v) is 6.38. The Morgan fingerprint density at radius 2 is 1.44 bits per heavy atom. The molecule has 0 aliphatic heterocycles. The van der Waals surface area contributed by atoms with Gasteiger partial charge in [-0.1, -0.05) is 78.9 Å². The molecule has 32 heavy (non-hydrogen) atoms. The number of hydrogen-bond donors (Lipinski definition) is 1. The van der Waals surface area contributed by atoms with Gasteiger partial charge in [0.05, 0.1) is 24.1 Å². The molecule has 0 unspecified atom stereocenters. The Labute approximate surface area is 188 Å². The van der Waals surface area contributed by atoms with Crippen LogP contribution in [0.15, 0.2) is 97.1 Å². The quantitative estimate of drug-likeness (QED) is 0.448. The van der Waals surface area contributed by atoms with Gasteiger partial charge in [-0.15, -0.1) is 0 Å². The second-order valence-corrected chi connectivity index (χ2v) is 9.54. The number of carbonyl (C=O) groups excluding carboxylic acids is 1. The summed E-state index contributed by atoms with van der Waals surface area (Å²) in [4.78, 5) is 13.1. The number of benzene rings is 4. The second kappa shape index (κ2) is 9.24. The van der Waals surface area contributed by atoms with E-state index in [9.17, 15) is 13.2 Å². The van der Waals surface area contributed by atoms with E-state index in [2.05, 4.69) is 5.32 Å². The molecule has 4 aromatic carbocycles. The molecule has 1 amide bonds. The van der Waals surface area contributed by atoms with E-state index < -0.39 is 10.0 Å². The van der Waals surface area contributed by atoms with Crippen molar-refractivity contribution in [2.24, 2.45) is 0 Å². The maximum Gasteiger partial charge on any atom is 0.253 e. The first-order chi connectivity index (χ1) is 15.4. The van der Waals surface area contributed by atoms with Gasteiger partial charge < -0.3 is 5.32 Å². The van der Waals surface area contributed by atoms with Crippen LogP contribution >= 0.6 is 0 Å². The lowest BCUT2D eigenvalue weighted by Gasteiger charge is -2.24. The summed E-state index contributed by atoms with van der Waals surface area (Å²) in [5, 5.41) is 5.17. The normalized spacial score (nSPS) is 11.3. The molecule has 4 aromatic rings. The predicted molar refractivity (Wildman–Crippen MR) is 129 cm³/mol. The number of sulfonamides is 1. The van der Waals surface area contributed by atoms with Gasteiger partial charge in [0.25, 0.3) is 5.91 Å². The van der Waals surface area contributed by atoms with Gasteiger partial charge in [-0.05, 0) is 40.1 Å². The van der Waals surface area contributed by atoms with Crippen LogP contribution in [0.1, 0.15) is 21.5 Å². The molecular formula is C26H24N2O3S. The molecule has 0 aliphatic rings. The average Bonchev–Trinajstić information content (AvgIpc) is 2.81. The van der Waals surface area contributed by atoms with E-state index in [1.54, 1.807) is 24.3 Å². The third-order valence-electron chi connectivity index (χ3n) is 5.25. The number of hydrogen-bond acceptors (Lipinski definition) is 3. The van der Waals surface area contributed by atoms with Crippen molar-refractivity contribution in [2.75, 3.05) is 10.6 Å². The average molecular weight is 445 g/mol. The third kappa shape index (κ3) is 4.98. The molecule has 0 aromatic heterocycles. The highest BCUT2D eigenvalue weighted by molar-refractivity contribution is 7.92. The largest absolute Gasteiger partial charge is 0.348 e. The topological polar surface area (TPSA) is 66.5 Å². The zero-order valence-corrected chi connectivity index (χ0v) is 18.5. The first-order valence-corrected chi connectivity index (χ1v) is 12.1. The van der Waals surface area contributed by atoms with E-state index in [1.165, 1.54) is 4.31 Å². The van der Waals surface area contributed by atoms with Gasteiger partial charge in [0, 0.05) is 6.54 Å². The number of anilines is 1. The number of fused-ring (bicyclic) bond motifs is 1. The molecule has 1 N–H and O–H groups in total.